The molecule has 1 aliphatic rings. The number of hydrogen-bond donors (Lipinski definition) is 2. The first-order valence-electron chi connectivity index (χ1n) is 5.75. The molecule has 0 aromatic carbocycles. The summed E-state index contributed by atoms with van der Waals surface area (Å²) in [6, 6.07) is 3.55. The Hall–Kier alpha value is -1.18. The molecule has 0 spiro atoms. The molecular formula is C11H13N3O2S2. The molecule has 0 unspecified atom stereocenters. The lowest BCUT2D eigenvalue weighted by atomic mass is 10.2. The van der Waals surface area contributed by atoms with Crippen LogP contribution in [-0.4, -0.2) is 18.6 Å². The number of rotatable bonds is 4. The van der Waals surface area contributed by atoms with Crippen LogP contribution in [0.25, 0.3) is 0 Å². The van der Waals surface area contributed by atoms with Crippen molar-refractivity contribution in [2.75, 3.05) is 0 Å². The molecule has 0 radical (unpaired) electrons. The van der Waals surface area contributed by atoms with Gasteiger partial charge in [0, 0.05) is 16.3 Å². The number of thiophene rings is 1. The molecule has 5 nitrogen and oxygen atoms in total. The van der Waals surface area contributed by atoms with Crippen LogP contribution in [0.3, 0.4) is 0 Å². The molecule has 0 amide bonds. The van der Waals surface area contributed by atoms with E-state index in [1.54, 1.807) is 11.3 Å². The maximum Gasteiger partial charge on any atom is 0.257 e. The maximum atomic E-state index is 11.9. The number of fused-ring (bicyclic) bond motifs is 1. The molecule has 0 aliphatic heterocycles. The van der Waals surface area contributed by atoms with Gasteiger partial charge in [0.1, 0.15) is 0 Å². The molecule has 0 saturated heterocycles. The average molecular weight is 283 g/mol. The summed E-state index contributed by atoms with van der Waals surface area (Å²) in [6.45, 7) is 0.346. The molecule has 7 heteroatoms. The second kappa shape index (κ2) is 4.49. The molecule has 3 rings (SSSR count). The molecule has 2 N–H and O–H groups in total. The summed E-state index contributed by atoms with van der Waals surface area (Å²) in [5, 5.41) is 6.20. The fourth-order valence-electron chi connectivity index (χ4n) is 2.11. The molecule has 18 heavy (non-hydrogen) atoms. The quantitative estimate of drug-likeness (QED) is 0.891. The normalized spacial score (nSPS) is 14.9. The highest BCUT2D eigenvalue weighted by atomic mass is 32.2. The van der Waals surface area contributed by atoms with Gasteiger partial charge in [-0.3, -0.25) is 5.10 Å². The van der Waals surface area contributed by atoms with Crippen LogP contribution in [0, 0.1) is 0 Å². The molecule has 96 valence electrons. The minimum Gasteiger partial charge on any atom is -0.266 e. The van der Waals surface area contributed by atoms with Gasteiger partial charge < -0.3 is 0 Å². The van der Waals surface area contributed by atoms with Gasteiger partial charge in [0.25, 0.3) is 10.0 Å². The maximum absolute atomic E-state index is 11.9. The molecule has 0 atom stereocenters. The van der Waals surface area contributed by atoms with E-state index in [4.69, 9.17) is 0 Å². The Morgan fingerprint density at radius 2 is 2.33 bits per heavy atom. The number of H-pyrrole nitrogens is 1. The van der Waals surface area contributed by atoms with E-state index in [0.717, 1.165) is 17.7 Å². The molecule has 2 heterocycles. The summed E-state index contributed by atoms with van der Waals surface area (Å²) in [4.78, 5) is 2.48. The third kappa shape index (κ3) is 2.21. The molecule has 1 aliphatic carbocycles. The number of hydrogen-bond acceptors (Lipinski definition) is 4. The Labute approximate surface area is 109 Å². The lowest BCUT2D eigenvalue weighted by Gasteiger charge is -2.02. The summed E-state index contributed by atoms with van der Waals surface area (Å²) in [5.41, 5.74) is 1.38. The van der Waals surface area contributed by atoms with Crippen LogP contribution in [0.5, 0.6) is 0 Å². The van der Waals surface area contributed by atoms with Crippen LogP contribution in [0.2, 0.25) is 0 Å². The van der Waals surface area contributed by atoms with Crippen LogP contribution in [0.1, 0.15) is 21.7 Å². The van der Waals surface area contributed by atoms with Crippen LogP contribution >= 0.6 is 11.3 Å². The highest BCUT2D eigenvalue weighted by Gasteiger charge is 2.18. The molecule has 0 fully saturated rings. The largest absolute Gasteiger partial charge is 0.266 e. The molecule has 2 aromatic rings. The van der Waals surface area contributed by atoms with E-state index in [-0.39, 0.29) is 5.03 Å². The lowest BCUT2D eigenvalue weighted by molar-refractivity contribution is 0.577. The molecular weight excluding hydrogens is 270 g/mol. The monoisotopic (exact) mass is 283 g/mol. The first kappa shape index (κ1) is 11.9. The highest BCUT2D eigenvalue weighted by Crippen LogP contribution is 2.30. The van der Waals surface area contributed by atoms with Gasteiger partial charge in [0.15, 0.2) is 5.03 Å². The topological polar surface area (TPSA) is 74.8 Å². The van der Waals surface area contributed by atoms with Gasteiger partial charge in [-0.05, 0) is 37.0 Å². The van der Waals surface area contributed by atoms with Crippen molar-refractivity contribution in [1.29, 1.82) is 0 Å². The third-order valence-electron chi connectivity index (χ3n) is 3.00. The zero-order valence-corrected chi connectivity index (χ0v) is 11.3. The van der Waals surface area contributed by atoms with E-state index >= 15 is 0 Å². The van der Waals surface area contributed by atoms with Gasteiger partial charge in [0.05, 0.1) is 6.20 Å². The Balaban J connectivity index is 1.71. The van der Waals surface area contributed by atoms with Gasteiger partial charge in [0.2, 0.25) is 0 Å². The number of aromatic nitrogens is 2. The zero-order chi connectivity index (χ0) is 12.6. The zero-order valence-electron chi connectivity index (χ0n) is 9.64. The average Bonchev–Trinajstić information content (AvgIpc) is 3.02. The second-order valence-corrected chi connectivity index (χ2v) is 7.22. The third-order valence-corrected chi connectivity index (χ3v) is 5.57. The molecule has 2 aromatic heterocycles. The smallest absolute Gasteiger partial charge is 0.257 e. The van der Waals surface area contributed by atoms with Crippen LogP contribution in [-0.2, 0) is 29.4 Å². The Morgan fingerprint density at radius 3 is 3.06 bits per heavy atom. The van der Waals surface area contributed by atoms with Crippen molar-refractivity contribution in [2.45, 2.75) is 30.8 Å². The Kier molecular flexibility index (Phi) is 2.96. The second-order valence-electron chi connectivity index (χ2n) is 4.26. The van der Waals surface area contributed by atoms with E-state index in [0.29, 0.717) is 6.54 Å². The summed E-state index contributed by atoms with van der Waals surface area (Å²) < 4.78 is 26.3. The first-order valence-corrected chi connectivity index (χ1v) is 8.04. The van der Waals surface area contributed by atoms with Crippen molar-refractivity contribution in [3.8, 4) is 0 Å². The minimum atomic E-state index is -3.47. The van der Waals surface area contributed by atoms with Crippen molar-refractivity contribution >= 4 is 21.4 Å². The Morgan fingerprint density at radius 1 is 1.44 bits per heavy atom. The van der Waals surface area contributed by atoms with E-state index in [2.05, 4.69) is 21.0 Å². The SMILES string of the molecule is O=S(=O)(NCc1cc2c(s1)CCC2)c1ccn[nH]1. The van der Waals surface area contributed by atoms with Gasteiger partial charge >= 0.3 is 0 Å². The van der Waals surface area contributed by atoms with Crippen LogP contribution < -0.4 is 4.72 Å². The number of nitrogens with one attached hydrogen (secondary N) is 2. The van der Waals surface area contributed by atoms with Crippen molar-refractivity contribution < 1.29 is 8.42 Å². The number of aromatic amines is 1. The van der Waals surface area contributed by atoms with E-state index < -0.39 is 10.0 Å². The van der Waals surface area contributed by atoms with E-state index in [1.165, 1.54) is 29.1 Å². The van der Waals surface area contributed by atoms with Gasteiger partial charge in [-0.15, -0.1) is 11.3 Å². The molecule has 0 bridgehead atoms. The van der Waals surface area contributed by atoms with Crippen LogP contribution in [0.4, 0.5) is 0 Å². The fourth-order valence-corrected chi connectivity index (χ4v) is 4.32. The van der Waals surface area contributed by atoms with Crippen molar-refractivity contribution in [2.24, 2.45) is 0 Å². The number of sulfonamides is 1. The van der Waals surface area contributed by atoms with E-state index in [9.17, 15) is 8.42 Å². The lowest BCUT2D eigenvalue weighted by Crippen LogP contribution is -2.23. The summed E-state index contributed by atoms with van der Waals surface area (Å²) in [5.74, 6) is 0. The van der Waals surface area contributed by atoms with E-state index in [1.807, 2.05) is 0 Å². The summed E-state index contributed by atoms with van der Waals surface area (Å²) >= 11 is 1.71. The minimum absolute atomic E-state index is 0.103. The highest BCUT2D eigenvalue weighted by molar-refractivity contribution is 7.89. The number of aryl methyl sites for hydroxylation is 2. The van der Waals surface area contributed by atoms with Crippen molar-refractivity contribution in [1.82, 2.24) is 14.9 Å². The standard InChI is InChI=1S/C11H13N3O2S2/c15-18(16,11-4-5-12-14-11)13-7-9-6-8-2-1-3-10(8)17-9/h4-6,13H,1-3,7H2,(H,12,14). The van der Waals surface area contributed by atoms with Crippen LogP contribution in [0.15, 0.2) is 23.4 Å². The predicted molar refractivity (Wildman–Crippen MR) is 69.0 cm³/mol. The van der Waals surface area contributed by atoms with Gasteiger partial charge in [-0.25, -0.2) is 13.1 Å². The number of nitrogens with zero attached hydrogens (tertiary/aromatic N) is 1. The predicted octanol–water partition coefficient (Wildman–Crippen LogP) is 1.44. The summed E-state index contributed by atoms with van der Waals surface area (Å²) in [7, 11) is -3.47. The molecule has 0 saturated carbocycles. The van der Waals surface area contributed by atoms with Gasteiger partial charge in [-0.2, -0.15) is 5.10 Å². The van der Waals surface area contributed by atoms with Crippen molar-refractivity contribution in [3.63, 3.8) is 0 Å². The van der Waals surface area contributed by atoms with Gasteiger partial charge in [-0.1, -0.05) is 0 Å². The summed E-state index contributed by atoms with van der Waals surface area (Å²) in [6.07, 6.45) is 4.90. The van der Waals surface area contributed by atoms with Crippen molar-refractivity contribution in [3.05, 3.63) is 33.6 Å². The first-order chi connectivity index (χ1) is 8.65. The fraction of sp³-hybridized carbons (Fsp3) is 0.364. The Bertz CT molecular complexity index is 622.